The first kappa shape index (κ1) is 16.8. The topological polar surface area (TPSA) is 8.17 Å². The van der Waals surface area contributed by atoms with Crippen LogP contribution in [0.4, 0.5) is 5.69 Å². The number of para-hydroxylation sites is 3. The Kier molecular flexibility index (Phi) is 3.94. The lowest BCUT2D eigenvalue weighted by molar-refractivity contribution is 0.640. The molecule has 0 amide bonds. The summed E-state index contributed by atoms with van der Waals surface area (Å²) in [5.41, 5.74) is 4.00. The van der Waals surface area contributed by atoms with Crippen LogP contribution in [0.5, 0.6) is 0 Å². The van der Waals surface area contributed by atoms with E-state index >= 15 is 0 Å². The van der Waals surface area contributed by atoms with Crippen LogP contribution < -0.4 is 4.90 Å². The van der Waals surface area contributed by atoms with E-state index in [9.17, 15) is 0 Å². The molecule has 0 radical (unpaired) electrons. The van der Waals surface area contributed by atoms with Gasteiger partial charge in [-0.3, -0.25) is 0 Å². The minimum Gasteiger partial charge on any atom is -0.356 e. The van der Waals surface area contributed by atoms with Gasteiger partial charge in [-0.15, -0.1) is 11.8 Å². The zero-order chi connectivity index (χ0) is 18.4. The molecule has 4 aromatic rings. The van der Waals surface area contributed by atoms with Crippen molar-refractivity contribution in [2.45, 2.75) is 30.5 Å². The lowest BCUT2D eigenvalue weighted by atomic mass is 10.2. The Morgan fingerprint density at radius 3 is 2.00 bits per heavy atom. The van der Waals surface area contributed by atoms with Crippen molar-refractivity contribution < 1.29 is 0 Å². The zero-order valence-corrected chi connectivity index (χ0v) is 16.6. The molecular weight excluding hydrogens is 348 g/mol. The quantitative estimate of drug-likeness (QED) is 0.426. The van der Waals surface area contributed by atoms with E-state index in [1.807, 2.05) is 0 Å². The van der Waals surface area contributed by atoms with Gasteiger partial charge in [-0.2, -0.15) is 0 Å². The summed E-state index contributed by atoms with van der Waals surface area (Å²) in [4.78, 5) is 2.65. The fraction of sp³-hybridized carbons (Fsp3) is 0.250. The molecule has 1 fully saturated rings. The van der Waals surface area contributed by atoms with Crippen LogP contribution in [0, 0.1) is 0 Å². The van der Waals surface area contributed by atoms with Crippen molar-refractivity contribution in [1.82, 2.24) is 4.57 Å². The molecule has 0 spiro atoms. The number of fused-ring (bicyclic) bond motifs is 3. The largest absolute Gasteiger partial charge is 0.356 e. The fourth-order valence-corrected chi connectivity index (χ4v) is 6.03. The van der Waals surface area contributed by atoms with Crippen molar-refractivity contribution in [3.05, 3.63) is 78.9 Å². The molecule has 0 saturated carbocycles. The molecule has 1 aliphatic heterocycles. The summed E-state index contributed by atoms with van der Waals surface area (Å²) in [5, 5.41) is 3.27. The first-order valence-corrected chi connectivity index (χ1v) is 10.5. The second kappa shape index (κ2) is 6.35. The summed E-state index contributed by atoms with van der Waals surface area (Å²) in [6.45, 7) is 6.79. The van der Waals surface area contributed by atoms with E-state index in [1.54, 1.807) is 0 Å². The van der Waals surface area contributed by atoms with Gasteiger partial charge in [0, 0.05) is 45.8 Å². The highest BCUT2D eigenvalue weighted by atomic mass is 32.2. The van der Waals surface area contributed by atoms with Crippen molar-refractivity contribution in [1.29, 1.82) is 0 Å². The van der Waals surface area contributed by atoms with Gasteiger partial charge < -0.3 is 9.47 Å². The molecule has 2 heterocycles. The number of thioether (sulfide) groups is 1. The first-order valence-electron chi connectivity index (χ1n) is 9.60. The van der Waals surface area contributed by atoms with Gasteiger partial charge in [0.1, 0.15) is 0 Å². The van der Waals surface area contributed by atoms with Gasteiger partial charge in [0.15, 0.2) is 0 Å². The molecular formula is C24H24N2S. The third-order valence-electron chi connectivity index (χ3n) is 5.63. The number of hydrogen-bond donors (Lipinski definition) is 0. The predicted octanol–water partition coefficient (Wildman–Crippen LogP) is 6.15. The number of benzene rings is 3. The number of nitrogens with zero attached hydrogens (tertiary/aromatic N) is 2. The van der Waals surface area contributed by atoms with Gasteiger partial charge in [-0.1, -0.05) is 54.6 Å². The maximum Gasteiger partial charge on any atom is 0.0809 e. The van der Waals surface area contributed by atoms with Crippen LogP contribution in [0.15, 0.2) is 78.9 Å². The number of aromatic nitrogens is 1. The third kappa shape index (κ3) is 2.81. The highest BCUT2D eigenvalue weighted by molar-refractivity contribution is 8.01. The van der Waals surface area contributed by atoms with Crippen LogP contribution in [0.2, 0.25) is 0 Å². The molecule has 27 heavy (non-hydrogen) atoms. The van der Waals surface area contributed by atoms with Crippen LogP contribution in [0.3, 0.4) is 0 Å². The van der Waals surface area contributed by atoms with E-state index in [4.69, 9.17) is 0 Å². The van der Waals surface area contributed by atoms with Crippen LogP contribution in [0.25, 0.3) is 21.8 Å². The molecule has 0 unspecified atom stereocenters. The second-order valence-electron chi connectivity index (χ2n) is 7.78. The molecule has 5 rings (SSSR count). The molecule has 0 bridgehead atoms. The normalized spacial score (nSPS) is 19.2. The van der Waals surface area contributed by atoms with E-state index in [1.165, 1.54) is 27.5 Å². The van der Waals surface area contributed by atoms with Gasteiger partial charge in [0.25, 0.3) is 0 Å². The molecule has 1 aliphatic rings. The molecule has 1 aromatic heterocycles. The monoisotopic (exact) mass is 372 g/mol. The Bertz CT molecular complexity index is 1040. The van der Waals surface area contributed by atoms with Crippen molar-refractivity contribution in [2.24, 2.45) is 0 Å². The Morgan fingerprint density at radius 1 is 0.815 bits per heavy atom. The predicted molar refractivity (Wildman–Crippen MR) is 119 cm³/mol. The standard InChI is InChI=1S/C24H24N2S/c1-24(2)26(18-10-4-3-5-11-18)17-19(27-24)16-25-22-14-8-6-12-20(22)21-13-7-9-15-23(21)25/h3-15,19H,16-17H2,1-2H3/t19-/m1/s1. The van der Waals surface area contributed by atoms with Gasteiger partial charge in [-0.05, 0) is 38.1 Å². The highest BCUT2D eigenvalue weighted by Gasteiger charge is 2.39. The van der Waals surface area contributed by atoms with Crippen LogP contribution in [-0.2, 0) is 6.54 Å². The number of rotatable bonds is 3. The summed E-state index contributed by atoms with van der Waals surface area (Å²) in [7, 11) is 0. The average molecular weight is 373 g/mol. The second-order valence-corrected chi connectivity index (χ2v) is 9.68. The van der Waals surface area contributed by atoms with Gasteiger partial charge in [-0.25, -0.2) is 0 Å². The van der Waals surface area contributed by atoms with Crippen LogP contribution >= 0.6 is 11.8 Å². The molecule has 0 N–H and O–H groups in total. The first-order chi connectivity index (χ1) is 13.1. The Balaban J connectivity index is 1.53. The number of hydrogen-bond acceptors (Lipinski definition) is 2. The molecule has 136 valence electrons. The summed E-state index contributed by atoms with van der Waals surface area (Å²) in [5.74, 6) is 0. The molecule has 1 atom stereocenters. The summed E-state index contributed by atoms with van der Waals surface area (Å²) >= 11 is 2.09. The van der Waals surface area contributed by atoms with E-state index < -0.39 is 0 Å². The van der Waals surface area contributed by atoms with Crippen molar-refractivity contribution in [2.75, 3.05) is 11.4 Å². The summed E-state index contributed by atoms with van der Waals surface area (Å²) in [6, 6.07) is 28.4. The van der Waals surface area contributed by atoms with E-state index in [-0.39, 0.29) is 4.87 Å². The third-order valence-corrected chi connectivity index (χ3v) is 7.05. The molecule has 3 aromatic carbocycles. The smallest absolute Gasteiger partial charge is 0.0809 e. The number of anilines is 1. The minimum absolute atomic E-state index is 0.102. The van der Waals surface area contributed by atoms with Crippen molar-refractivity contribution >= 4 is 39.3 Å². The van der Waals surface area contributed by atoms with Crippen LogP contribution in [-0.4, -0.2) is 21.2 Å². The van der Waals surface area contributed by atoms with E-state index in [0.29, 0.717) is 5.25 Å². The SMILES string of the molecule is CC1(C)S[C@H](Cn2c3ccccc3c3ccccc32)CN1c1ccccc1. The van der Waals surface area contributed by atoms with Crippen molar-refractivity contribution in [3.8, 4) is 0 Å². The maximum absolute atomic E-state index is 2.55. The maximum atomic E-state index is 2.55. The highest BCUT2D eigenvalue weighted by Crippen LogP contribution is 2.44. The Hall–Kier alpha value is -2.39. The molecule has 2 nitrogen and oxygen atoms in total. The Labute approximate surface area is 164 Å². The lowest BCUT2D eigenvalue weighted by Crippen LogP contribution is -2.36. The molecule has 0 aliphatic carbocycles. The van der Waals surface area contributed by atoms with E-state index in [2.05, 4.69) is 114 Å². The van der Waals surface area contributed by atoms with Gasteiger partial charge >= 0.3 is 0 Å². The summed E-state index contributed by atoms with van der Waals surface area (Å²) < 4.78 is 2.52. The van der Waals surface area contributed by atoms with E-state index in [0.717, 1.165) is 13.1 Å². The van der Waals surface area contributed by atoms with Gasteiger partial charge in [0.2, 0.25) is 0 Å². The summed E-state index contributed by atoms with van der Waals surface area (Å²) in [6.07, 6.45) is 0. The van der Waals surface area contributed by atoms with Crippen molar-refractivity contribution in [3.63, 3.8) is 0 Å². The molecule has 3 heteroatoms. The van der Waals surface area contributed by atoms with Crippen LogP contribution in [0.1, 0.15) is 13.8 Å². The lowest BCUT2D eigenvalue weighted by Gasteiger charge is -2.32. The zero-order valence-electron chi connectivity index (χ0n) is 15.8. The Morgan fingerprint density at radius 2 is 1.37 bits per heavy atom. The minimum atomic E-state index is 0.102. The van der Waals surface area contributed by atoms with Gasteiger partial charge in [0.05, 0.1) is 4.87 Å². The fourth-order valence-electron chi connectivity index (χ4n) is 4.46. The average Bonchev–Trinajstić information content (AvgIpc) is 3.17. The molecule has 1 saturated heterocycles.